The second-order valence-corrected chi connectivity index (χ2v) is 5.94. The first-order valence-electron chi connectivity index (χ1n) is 6.63. The van der Waals surface area contributed by atoms with Crippen molar-refractivity contribution in [3.05, 3.63) is 51.1 Å². The molecule has 0 saturated carbocycles. The lowest BCUT2D eigenvalue weighted by Gasteiger charge is -2.09. The zero-order valence-corrected chi connectivity index (χ0v) is 13.6. The Morgan fingerprint density at radius 1 is 1.38 bits per heavy atom. The van der Waals surface area contributed by atoms with Gasteiger partial charge in [0.2, 0.25) is 5.95 Å². The van der Waals surface area contributed by atoms with Crippen LogP contribution in [0.2, 0.25) is 0 Å². The lowest BCUT2D eigenvalue weighted by atomic mass is 10.1. The van der Waals surface area contributed by atoms with Gasteiger partial charge in [0, 0.05) is 12.3 Å². The fourth-order valence-corrected chi connectivity index (χ4v) is 2.84. The van der Waals surface area contributed by atoms with Gasteiger partial charge in [0.25, 0.3) is 0 Å². The minimum atomic E-state index is -0.263. The molecule has 2 heterocycles. The number of anilines is 1. The van der Waals surface area contributed by atoms with Crippen molar-refractivity contribution < 1.29 is 4.39 Å². The number of nitrogens with two attached hydrogens (primary N) is 1. The van der Waals surface area contributed by atoms with Gasteiger partial charge in [0.1, 0.15) is 5.82 Å². The van der Waals surface area contributed by atoms with E-state index < -0.39 is 0 Å². The number of pyridine rings is 1. The van der Waals surface area contributed by atoms with Crippen molar-refractivity contribution in [3.8, 4) is 0 Å². The summed E-state index contributed by atoms with van der Waals surface area (Å²) in [5.74, 6) is 0.111. The quantitative estimate of drug-likeness (QED) is 0.691. The Morgan fingerprint density at radius 3 is 2.95 bits per heavy atom. The van der Waals surface area contributed by atoms with E-state index in [0.717, 1.165) is 17.7 Å². The molecule has 0 fully saturated rings. The lowest BCUT2D eigenvalue weighted by Crippen LogP contribution is -2.08. The van der Waals surface area contributed by atoms with Crippen LogP contribution in [0, 0.1) is 9.39 Å². The average molecular weight is 396 g/mol. The van der Waals surface area contributed by atoms with Gasteiger partial charge < -0.3 is 10.3 Å². The summed E-state index contributed by atoms with van der Waals surface area (Å²) < 4.78 is 16.2. The number of aryl methyl sites for hydroxylation is 1. The highest BCUT2D eigenvalue weighted by Crippen LogP contribution is 2.24. The zero-order valence-electron chi connectivity index (χ0n) is 11.5. The van der Waals surface area contributed by atoms with E-state index in [1.165, 1.54) is 6.07 Å². The molecule has 0 saturated heterocycles. The Bertz CT molecular complexity index is 813. The minimum absolute atomic E-state index is 0.263. The molecule has 3 rings (SSSR count). The summed E-state index contributed by atoms with van der Waals surface area (Å²) >= 11 is 1.95. The van der Waals surface area contributed by atoms with E-state index in [-0.39, 0.29) is 5.82 Å². The van der Waals surface area contributed by atoms with Crippen LogP contribution in [0.15, 0.2) is 30.5 Å². The first-order valence-corrected chi connectivity index (χ1v) is 7.71. The van der Waals surface area contributed by atoms with Crippen molar-refractivity contribution in [2.24, 2.45) is 0 Å². The molecule has 0 spiro atoms. The Labute approximate surface area is 135 Å². The third kappa shape index (κ3) is 2.59. The van der Waals surface area contributed by atoms with Gasteiger partial charge in [-0.15, -0.1) is 0 Å². The summed E-state index contributed by atoms with van der Waals surface area (Å²) in [6.07, 6.45) is 2.65. The number of fused-ring (bicyclic) bond motifs is 1. The molecule has 0 radical (unpaired) electrons. The molecular formula is C15H14FIN4. The molecule has 0 aliphatic heterocycles. The first kappa shape index (κ1) is 14.2. The van der Waals surface area contributed by atoms with Crippen LogP contribution in [-0.4, -0.2) is 14.5 Å². The van der Waals surface area contributed by atoms with Crippen molar-refractivity contribution in [3.63, 3.8) is 0 Å². The molecule has 0 atom stereocenters. The third-order valence-corrected chi connectivity index (χ3v) is 4.32. The summed E-state index contributed by atoms with van der Waals surface area (Å²) in [5, 5.41) is 0. The van der Waals surface area contributed by atoms with E-state index >= 15 is 0 Å². The predicted octanol–water partition coefficient (Wildman–Crippen LogP) is 3.37. The van der Waals surface area contributed by atoms with Crippen molar-refractivity contribution in [1.29, 1.82) is 0 Å². The van der Waals surface area contributed by atoms with Crippen molar-refractivity contribution in [1.82, 2.24) is 14.5 Å². The predicted molar refractivity (Wildman–Crippen MR) is 89.5 cm³/mol. The van der Waals surface area contributed by atoms with Gasteiger partial charge >= 0.3 is 0 Å². The highest BCUT2D eigenvalue weighted by Gasteiger charge is 2.13. The number of imidazole rings is 1. The molecule has 3 aromatic rings. The Morgan fingerprint density at radius 2 is 2.19 bits per heavy atom. The number of nitrogen functional groups attached to an aromatic ring is 1. The van der Waals surface area contributed by atoms with Gasteiger partial charge in [-0.05, 0) is 46.7 Å². The summed E-state index contributed by atoms with van der Waals surface area (Å²) in [6, 6.07) is 7.15. The molecule has 0 aliphatic carbocycles. The fourth-order valence-electron chi connectivity index (χ4n) is 2.39. The van der Waals surface area contributed by atoms with E-state index in [4.69, 9.17) is 5.73 Å². The van der Waals surface area contributed by atoms with Crippen molar-refractivity contribution in [2.45, 2.75) is 19.9 Å². The van der Waals surface area contributed by atoms with Gasteiger partial charge in [0.05, 0.1) is 26.8 Å². The topological polar surface area (TPSA) is 56.7 Å². The largest absolute Gasteiger partial charge is 0.369 e. The van der Waals surface area contributed by atoms with E-state index in [9.17, 15) is 4.39 Å². The molecule has 0 amide bonds. The molecule has 108 valence electrons. The maximum Gasteiger partial charge on any atom is 0.201 e. The Balaban J connectivity index is 2.12. The molecule has 0 aliphatic rings. The van der Waals surface area contributed by atoms with Crippen LogP contribution in [0.3, 0.4) is 0 Å². The third-order valence-electron chi connectivity index (χ3n) is 3.49. The average Bonchev–Trinajstić information content (AvgIpc) is 2.76. The van der Waals surface area contributed by atoms with E-state index in [2.05, 4.69) is 16.9 Å². The van der Waals surface area contributed by atoms with Gasteiger partial charge in [-0.3, -0.25) is 4.98 Å². The van der Waals surface area contributed by atoms with Gasteiger partial charge in [0.15, 0.2) is 0 Å². The number of benzene rings is 1. The van der Waals surface area contributed by atoms with Crippen LogP contribution in [0.25, 0.3) is 11.0 Å². The second kappa shape index (κ2) is 5.59. The molecule has 21 heavy (non-hydrogen) atoms. The molecule has 6 heteroatoms. The smallest absolute Gasteiger partial charge is 0.201 e. The number of rotatable bonds is 3. The van der Waals surface area contributed by atoms with Gasteiger partial charge in [-0.1, -0.05) is 13.0 Å². The number of halogens is 2. The highest BCUT2D eigenvalue weighted by atomic mass is 127. The standard InChI is InChI=1S/C15H14FIN4/c1-2-9-4-3-5-19-13(9)8-21-14-6-10(16)11(17)7-12(14)20-15(21)18/h3-7H,2,8H2,1H3,(H2,18,20). The highest BCUT2D eigenvalue weighted by molar-refractivity contribution is 14.1. The number of hydrogen-bond donors (Lipinski definition) is 1. The van der Waals surface area contributed by atoms with Crippen LogP contribution in [-0.2, 0) is 13.0 Å². The van der Waals surface area contributed by atoms with E-state index in [0.29, 0.717) is 27.1 Å². The molecule has 2 aromatic heterocycles. The van der Waals surface area contributed by atoms with E-state index in [1.807, 2.05) is 34.7 Å². The zero-order chi connectivity index (χ0) is 15.0. The molecule has 4 nitrogen and oxygen atoms in total. The van der Waals surface area contributed by atoms with Crippen LogP contribution >= 0.6 is 22.6 Å². The normalized spacial score (nSPS) is 11.2. The van der Waals surface area contributed by atoms with Crippen LogP contribution < -0.4 is 5.73 Å². The summed E-state index contributed by atoms with van der Waals surface area (Å²) in [7, 11) is 0. The summed E-state index contributed by atoms with van der Waals surface area (Å²) in [5.41, 5.74) is 9.48. The van der Waals surface area contributed by atoms with Crippen LogP contribution in [0.4, 0.5) is 10.3 Å². The van der Waals surface area contributed by atoms with Crippen LogP contribution in [0.5, 0.6) is 0 Å². The second-order valence-electron chi connectivity index (χ2n) is 4.77. The Hall–Kier alpha value is -1.70. The maximum atomic E-state index is 13.8. The number of hydrogen-bond acceptors (Lipinski definition) is 3. The first-order chi connectivity index (χ1) is 10.1. The molecular weight excluding hydrogens is 382 g/mol. The maximum absolute atomic E-state index is 13.8. The molecule has 2 N–H and O–H groups in total. The molecule has 1 aromatic carbocycles. The summed E-state index contributed by atoms with van der Waals surface area (Å²) in [4.78, 5) is 8.72. The number of nitrogens with zero attached hydrogens (tertiary/aromatic N) is 3. The van der Waals surface area contributed by atoms with Crippen LogP contribution in [0.1, 0.15) is 18.2 Å². The monoisotopic (exact) mass is 396 g/mol. The van der Waals surface area contributed by atoms with E-state index in [1.54, 1.807) is 16.8 Å². The SMILES string of the molecule is CCc1cccnc1Cn1c(N)nc2cc(I)c(F)cc21. The van der Waals surface area contributed by atoms with Crippen molar-refractivity contribution in [2.75, 3.05) is 5.73 Å². The van der Waals surface area contributed by atoms with Gasteiger partial charge in [-0.25, -0.2) is 9.37 Å². The lowest BCUT2D eigenvalue weighted by molar-refractivity contribution is 0.621. The number of aromatic nitrogens is 3. The van der Waals surface area contributed by atoms with Crippen molar-refractivity contribution >= 4 is 39.6 Å². The molecule has 0 unspecified atom stereocenters. The fraction of sp³-hybridized carbons (Fsp3) is 0.200. The minimum Gasteiger partial charge on any atom is -0.369 e. The van der Waals surface area contributed by atoms with Gasteiger partial charge in [-0.2, -0.15) is 0 Å². The Kier molecular flexibility index (Phi) is 3.79. The molecule has 0 bridgehead atoms. The summed E-state index contributed by atoms with van der Waals surface area (Å²) in [6.45, 7) is 2.57.